The van der Waals surface area contributed by atoms with Gasteiger partial charge in [-0.2, -0.15) is 5.10 Å². The van der Waals surface area contributed by atoms with Gasteiger partial charge in [0.2, 0.25) is 0 Å². The zero-order chi connectivity index (χ0) is 15.4. The van der Waals surface area contributed by atoms with Crippen molar-refractivity contribution in [1.82, 2.24) is 20.0 Å². The number of hydrogen-bond donors (Lipinski definition) is 1. The molecule has 1 aromatic heterocycles. The van der Waals surface area contributed by atoms with Gasteiger partial charge in [0.25, 0.3) is 5.91 Å². The monoisotopic (exact) mass is 298 g/mol. The molecule has 1 aliphatic rings. The van der Waals surface area contributed by atoms with Crippen LogP contribution in [-0.4, -0.2) is 46.8 Å². The van der Waals surface area contributed by atoms with E-state index in [0.717, 1.165) is 37.1 Å². The van der Waals surface area contributed by atoms with Crippen molar-refractivity contribution in [2.45, 2.75) is 25.4 Å². The summed E-state index contributed by atoms with van der Waals surface area (Å²) in [6.45, 7) is 2.65. The molecule has 0 bridgehead atoms. The first-order valence-electron chi connectivity index (χ1n) is 7.77. The lowest BCUT2D eigenvalue weighted by Crippen LogP contribution is -2.46. The maximum absolute atomic E-state index is 12.6. The van der Waals surface area contributed by atoms with Crippen LogP contribution in [0.2, 0.25) is 0 Å². The lowest BCUT2D eigenvalue weighted by molar-refractivity contribution is 0.0911. The number of benzene rings is 1. The van der Waals surface area contributed by atoms with Gasteiger partial charge in [-0.25, -0.2) is 0 Å². The van der Waals surface area contributed by atoms with Crippen molar-refractivity contribution >= 4 is 5.91 Å². The smallest absolute Gasteiger partial charge is 0.251 e. The van der Waals surface area contributed by atoms with E-state index in [0.29, 0.717) is 6.54 Å². The molecule has 1 aromatic carbocycles. The number of nitrogens with zero attached hydrogens (tertiary/aromatic N) is 3. The van der Waals surface area contributed by atoms with Gasteiger partial charge in [-0.1, -0.05) is 18.2 Å². The highest BCUT2D eigenvalue weighted by Gasteiger charge is 2.20. The summed E-state index contributed by atoms with van der Waals surface area (Å²) in [6, 6.07) is 9.88. The van der Waals surface area contributed by atoms with Crippen LogP contribution in [0.5, 0.6) is 0 Å². The van der Waals surface area contributed by atoms with Crippen molar-refractivity contribution in [2.24, 2.45) is 0 Å². The van der Waals surface area contributed by atoms with Crippen molar-refractivity contribution in [3.63, 3.8) is 0 Å². The first kappa shape index (κ1) is 14.8. The minimum Gasteiger partial charge on any atom is -0.348 e. The summed E-state index contributed by atoms with van der Waals surface area (Å²) >= 11 is 0. The lowest BCUT2D eigenvalue weighted by atomic mass is 10.0. The molecule has 1 atom stereocenters. The molecule has 5 nitrogen and oxygen atoms in total. The van der Waals surface area contributed by atoms with Gasteiger partial charge >= 0.3 is 0 Å². The molecule has 0 radical (unpaired) electrons. The fourth-order valence-electron chi connectivity index (χ4n) is 3.00. The molecule has 0 saturated carbocycles. The van der Waals surface area contributed by atoms with E-state index >= 15 is 0 Å². The maximum Gasteiger partial charge on any atom is 0.251 e. The van der Waals surface area contributed by atoms with Gasteiger partial charge in [-0.3, -0.25) is 9.48 Å². The first-order chi connectivity index (χ1) is 10.7. The maximum atomic E-state index is 12.6. The fourth-order valence-corrected chi connectivity index (χ4v) is 3.00. The van der Waals surface area contributed by atoms with Crippen LogP contribution >= 0.6 is 0 Å². The van der Waals surface area contributed by atoms with Crippen LogP contribution in [0.1, 0.15) is 28.8 Å². The van der Waals surface area contributed by atoms with E-state index in [-0.39, 0.29) is 11.9 Å². The summed E-state index contributed by atoms with van der Waals surface area (Å²) in [6.07, 6.45) is 5.85. The average Bonchev–Trinajstić information content (AvgIpc) is 3.01. The van der Waals surface area contributed by atoms with E-state index in [1.807, 2.05) is 41.2 Å². The molecular weight excluding hydrogens is 276 g/mol. The molecule has 1 N–H and O–H groups in total. The SMILES string of the molecule is CN1CCC[C@@H](NC(=O)c2ccccc2Cn2cccn2)C1. The fraction of sp³-hybridized carbons (Fsp3) is 0.412. The summed E-state index contributed by atoms with van der Waals surface area (Å²) in [7, 11) is 2.10. The van der Waals surface area contributed by atoms with E-state index in [1.54, 1.807) is 6.20 Å². The summed E-state index contributed by atoms with van der Waals surface area (Å²) in [5.41, 5.74) is 1.74. The topological polar surface area (TPSA) is 50.2 Å². The van der Waals surface area contributed by atoms with Gasteiger partial charge in [0.1, 0.15) is 0 Å². The minimum atomic E-state index is 0.0167. The highest BCUT2D eigenvalue weighted by atomic mass is 16.1. The second-order valence-corrected chi connectivity index (χ2v) is 5.94. The molecule has 0 aliphatic carbocycles. The second kappa shape index (κ2) is 6.75. The number of likely N-dealkylation sites (tertiary alicyclic amines) is 1. The quantitative estimate of drug-likeness (QED) is 0.935. The van der Waals surface area contributed by atoms with Crippen LogP contribution in [0.3, 0.4) is 0 Å². The predicted molar refractivity (Wildman–Crippen MR) is 85.8 cm³/mol. The number of carbonyl (C=O) groups excluding carboxylic acids is 1. The summed E-state index contributed by atoms with van der Waals surface area (Å²) in [4.78, 5) is 14.9. The van der Waals surface area contributed by atoms with E-state index in [1.165, 1.54) is 0 Å². The molecule has 1 aliphatic heterocycles. The van der Waals surface area contributed by atoms with Gasteiger partial charge in [-0.05, 0) is 44.1 Å². The Balaban J connectivity index is 1.72. The number of carbonyl (C=O) groups is 1. The van der Waals surface area contributed by atoms with E-state index in [9.17, 15) is 4.79 Å². The van der Waals surface area contributed by atoms with Crippen molar-refractivity contribution < 1.29 is 4.79 Å². The van der Waals surface area contributed by atoms with Crippen LogP contribution in [0.25, 0.3) is 0 Å². The Morgan fingerprint density at radius 2 is 2.23 bits per heavy atom. The third kappa shape index (κ3) is 3.54. The third-order valence-corrected chi connectivity index (χ3v) is 4.11. The van der Waals surface area contributed by atoms with Crippen LogP contribution in [-0.2, 0) is 6.54 Å². The van der Waals surface area contributed by atoms with E-state index < -0.39 is 0 Å². The molecule has 3 rings (SSSR count). The van der Waals surface area contributed by atoms with Crippen molar-refractivity contribution in [3.05, 3.63) is 53.9 Å². The highest BCUT2D eigenvalue weighted by Crippen LogP contribution is 2.13. The Kier molecular flexibility index (Phi) is 4.53. The number of hydrogen-bond acceptors (Lipinski definition) is 3. The Hall–Kier alpha value is -2.14. The van der Waals surface area contributed by atoms with Gasteiger partial charge < -0.3 is 10.2 Å². The standard InChI is InChI=1S/C17H22N4O/c1-20-10-4-7-15(13-20)19-17(22)16-8-3-2-6-14(16)12-21-11-5-9-18-21/h2-3,5-6,8-9,11,15H,4,7,10,12-13H2,1H3,(H,19,22)/t15-/m1/s1. The van der Waals surface area contributed by atoms with Gasteiger partial charge in [-0.15, -0.1) is 0 Å². The molecule has 116 valence electrons. The number of amides is 1. The van der Waals surface area contributed by atoms with Crippen LogP contribution in [0, 0.1) is 0 Å². The van der Waals surface area contributed by atoms with Crippen molar-refractivity contribution in [2.75, 3.05) is 20.1 Å². The summed E-state index contributed by atoms with van der Waals surface area (Å²) < 4.78 is 1.83. The van der Waals surface area contributed by atoms with Crippen molar-refractivity contribution in [1.29, 1.82) is 0 Å². The number of rotatable bonds is 4. The van der Waals surface area contributed by atoms with Crippen LogP contribution in [0.15, 0.2) is 42.7 Å². The zero-order valence-electron chi connectivity index (χ0n) is 12.9. The normalized spacial score (nSPS) is 19.0. The third-order valence-electron chi connectivity index (χ3n) is 4.11. The summed E-state index contributed by atoms with van der Waals surface area (Å²) in [5.74, 6) is 0.0167. The predicted octanol–water partition coefficient (Wildman–Crippen LogP) is 1.76. The average molecular weight is 298 g/mol. The molecular formula is C17H22N4O. The molecule has 1 amide bonds. The molecule has 2 aromatic rings. The van der Waals surface area contributed by atoms with E-state index in [2.05, 4.69) is 22.4 Å². The molecule has 0 unspecified atom stereocenters. The number of nitrogens with one attached hydrogen (secondary N) is 1. The Morgan fingerprint density at radius 1 is 1.36 bits per heavy atom. The van der Waals surface area contributed by atoms with Gasteiger partial charge in [0, 0.05) is 30.5 Å². The van der Waals surface area contributed by atoms with Crippen LogP contribution in [0.4, 0.5) is 0 Å². The number of likely N-dealkylation sites (N-methyl/N-ethyl adjacent to an activating group) is 1. The first-order valence-corrected chi connectivity index (χ1v) is 7.77. The van der Waals surface area contributed by atoms with Crippen LogP contribution < -0.4 is 5.32 Å². The molecule has 1 saturated heterocycles. The van der Waals surface area contributed by atoms with Gasteiger partial charge in [0.15, 0.2) is 0 Å². The molecule has 2 heterocycles. The minimum absolute atomic E-state index is 0.0167. The Bertz CT molecular complexity index is 623. The number of piperidine rings is 1. The Morgan fingerprint density at radius 3 is 3.00 bits per heavy atom. The zero-order valence-corrected chi connectivity index (χ0v) is 12.9. The van der Waals surface area contributed by atoms with Gasteiger partial charge in [0.05, 0.1) is 6.54 Å². The molecule has 1 fully saturated rings. The molecule has 22 heavy (non-hydrogen) atoms. The Labute approximate surface area is 130 Å². The van der Waals surface area contributed by atoms with E-state index in [4.69, 9.17) is 0 Å². The highest BCUT2D eigenvalue weighted by molar-refractivity contribution is 5.95. The lowest BCUT2D eigenvalue weighted by Gasteiger charge is -2.30. The number of aromatic nitrogens is 2. The van der Waals surface area contributed by atoms with Crippen molar-refractivity contribution in [3.8, 4) is 0 Å². The molecule has 0 spiro atoms. The molecule has 5 heteroatoms. The summed E-state index contributed by atoms with van der Waals surface area (Å²) in [5, 5.41) is 7.39. The largest absolute Gasteiger partial charge is 0.348 e. The second-order valence-electron chi connectivity index (χ2n) is 5.94.